The van der Waals surface area contributed by atoms with Crippen LogP contribution in [0.4, 0.5) is 4.39 Å². The van der Waals surface area contributed by atoms with Crippen molar-refractivity contribution in [3.63, 3.8) is 0 Å². The number of ether oxygens (including phenoxy) is 1. The highest BCUT2D eigenvalue weighted by Gasteiger charge is 2.35. The van der Waals surface area contributed by atoms with Crippen molar-refractivity contribution < 1.29 is 18.7 Å². The lowest BCUT2D eigenvalue weighted by Crippen LogP contribution is -2.46. The van der Waals surface area contributed by atoms with Crippen molar-refractivity contribution in [3.05, 3.63) is 80.4 Å². The molecule has 2 aromatic heterocycles. The fourth-order valence-electron chi connectivity index (χ4n) is 4.41. The summed E-state index contributed by atoms with van der Waals surface area (Å²) in [6, 6.07) is 13.3. The van der Waals surface area contributed by atoms with Gasteiger partial charge < -0.3 is 9.64 Å². The van der Waals surface area contributed by atoms with E-state index in [2.05, 4.69) is 4.90 Å². The number of hydrogen-bond donors (Lipinski definition) is 0. The van der Waals surface area contributed by atoms with Gasteiger partial charge in [0.1, 0.15) is 12.4 Å². The minimum Gasteiger partial charge on any atom is -0.379 e. The first-order chi connectivity index (χ1) is 17.6. The monoisotopic (exact) mass is 526 g/mol. The molecule has 10 heteroatoms. The van der Waals surface area contributed by atoms with Gasteiger partial charge in [-0.25, -0.2) is 9.40 Å². The van der Waals surface area contributed by atoms with E-state index >= 15 is 0 Å². The molecule has 2 amide bonds. The minimum atomic E-state index is -0.484. The summed E-state index contributed by atoms with van der Waals surface area (Å²) >= 11 is 3.18. The maximum Gasteiger partial charge on any atom is 0.262 e. The second-order valence-corrected chi connectivity index (χ2v) is 10.6. The quantitative estimate of drug-likeness (QED) is 0.443. The molecular weight excluding hydrogens is 499 g/mol. The van der Waals surface area contributed by atoms with Crippen molar-refractivity contribution in [1.29, 1.82) is 0 Å². The number of benzene rings is 1. The van der Waals surface area contributed by atoms with Crippen LogP contribution in [0.15, 0.2) is 64.4 Å². The molecule has 0 aliphatic carbocycles. The Morgan fingerprint density at radius 3 is 2.61 bits per heavy atom. The smallest absolute Gasteiger partial charge is 0.262 e. The standard InChI is InChI=1S/C26H27FN4O3S2/c27-20-5-1-4-19(16-20)26(33)30(9-8-29-10-12-34-13-11-29)18-25(32)31-22(24-7-3-15-36-24)17-21(28-31)23-6-2-14-35-23/h1-7,14-16,22H,8-13,17-18H2/t22-/m1/s1. The second-order valence-electron chi connectivity index (χ2n) is 8.69. The lowest BCUT2D eigenvalue weighted by Gasteiger charge is -2.31. The van der Waals surface area contributed by atoms with Crippen LogP contribution in [0.1, 0.15) is 32.6 Å². The average molecular weight is 527 g/mol. The van der Waals surface area contributed by atoms with Gasteiger partial charge in [0.25, 0.3) is 11.8 Å². The third-order valence-corrected chi connectivity index (χ3v) is 8.21. The lowest BCUT2D eigenvalue weighted by atomic mass is 10.1. The van der Waals surface area contributed by atoms with Gasteiger partial charge in [-0.3, -0.25) is 14.5 Å². The third-order valence-electron chi connectivity index (χ3n) is 6.32. The highest BCUT2D eigenvalue weighted by molar-refractivity contribution is 7.12. The van der Waals surface area contributed by atoms with Crippen molar-refractivity contribution in [2.24, 2.45) is 5.10 Å². The molecule has 188 valence electrons. The Balaban J connectivity index is 1.37. The summed E-state index contributed by atoms with van der Waals surface area (Å²) < 4.78 is 19.3. The Labute approximate surface area is 217 Å². The summed E-state index contributed by atoms with van der Waals surface area (Å²) in [5.74, 6) is -1.11. The van der Waals surface area contributed by atoms with Crippen LogP contribution in [0, 0.1) is 5.82 Å². The highest BCUT2D eigenvalue weighted by Crippen LogP contribution is 2.36. The summed E-state index contributed by atoms with van der Waals surface area (Å²) in [4.78, 5) is 32.9. The van der Waals surface area contributed by atoms with Crippen LogP contribution in [0.5, 0.6) is 0 Å². The fraction of sp³-hybridized carbons (Fsp3) is 0.346. The molecular formula is C26H27FN4O3S2. The van der Waals surface area contributed by atoms with Gasteiger partial charge in [0.15, 0.2) is 0 Å². The number of hydrogen-bond acceptors (Lipinski definition) is 7. The van der Waals surface area contributed by atoms with Crippen molar-refractivity contribution in [2.45, 2.75) is 12.5 Å². The predicted octanol–water partition coefficient (Wildman–Crippen LogP) is 4.10. The zero-order chi connectivity index (χ0) is 24.9. The van der Waals surface area contributed by atoms with Crippen LogP contribution >= 0.6 is 22.7 Å². The van der Waals surface area contributed by atoms with Gasteiger partial charge in [0, 0.05) is 43.0 Å². The largest absolute Gasteiger partial charge is 0.379 e. The Morgan fingerprint density at radius 1 is 1.08 bits per heavy atom. The molecule has 1 atom stereocenters. The number of halogens is 1. The van der Waals surface area contributed by atoms with Gasteiger partial charge in [0.2, 0.25) is 0 Å². The normalized spacial score (nSPS) is 18.3. The van der Waals surface area contributed by atoms with E-state index in [1.54, 1.807) is 28.7 Å². The zero-order valence-corrected chi connectivity index (χ0v) is 21.3. The molecule has 1 saturated heterocycles. The Hall–Kier alpha value is -2.92. The van der Waals surface area contributed by atoms with Crippen molar-refractivity contribution in [1.82, 2.24) is 14.8 Å². The first-order valence-corrected chi connectivity index (χ1v) is 13.7. The van der Waals surface area contributed by atoms with E-state index in [9.17, 15) is 14.0 Å². The molecule has 4 heterocycles. The molecule has 0 bridgehead atoms. The highest BCUT2D eigenvalue weighted by atomic mass is 32.1. The van der Waals surface area contributed by atoms with Crippen LogP contribution in [0.3, 0.4) is 0 Å². The molecule has 0 radical (unpaired) electrons. The molecule has 3 aromatic rings. The Kier molecular flexibility index (Phi) is 7.86. The molecule has 0 spiro atoms. The number of nitrogens with zero attached hydrogens (tertiary/aromatic N) is 4. The van der Waals surface area contributed by atoms with E-state index in [4.69, 9.17) is 9.84 Å². The molecule has 0 unspecified atom stereocenters. The number of rotatable bonds is 8. The first-order valence-electron chi connectivity index (χ1n) is 11.9. The van der Waals surface area contributed by atoms with Gasteiger partial charge in [-0.05, 0) is 41.1 Å². The van der Waals surface area contributed by atoms with Gasteiger partial charge in [-0.2, -0.15) is 5.10 Å². The van der Waals surface area contributed by atoms with Crippen molar-refractivity contribution >= 4 is 40.2 Å². The molecule has 36 heavy (non-hydrogen) atoms. The molecule has 1 fully saturated rings. The number of carbonyl (C=O) groups is 2. The molecule has 2 aliphatic rings. The lowest BCUT2D eigenvalue weighted by molar-refractivity contribution is -0.133. The number of thiophene rings is 2. The van der Waals surface area contributed by atoms with Crippen LogP contribution in [-0.2, 0) is 9.53 Å². The molecule has 5 rings (SSSR count). The van der Waals surface area contributed by atoms with Crippen LogP contribution < -0.4 is 0 Å². The summed E-state index contributed by atoms with van der Waals surface area (Å²) in [6.07, 6.45) is 0.623. The van der Waals surface area contributed by atoms with Gasteiger partial charge in [0.05, 0.1) is 29.8 Å². The summed E-state index contributed by atoms with van der Waals surface area (Å²) in [5.41, 5.74) is 1.09. The molecule has 0 N–H and O–H groups in total. The number of carbonyl (C=O) groups excluding carboxylic acids is 2. The van der Waals surface area contributed by atoms with Crippen LogP contribution in [-0.4, -0.2) is 78.3 Å². The van der Waals surface area contributed by atoms with Gasteiger partial charge in [-0.1, -0.05) is 18.2 Å². The average Bonchev–Trinajstić information content (AvgIpc) is 3.68. The van der Waals surface area contributed by atoms with Crippen LogP contribution in [0.25, 0.3) is 0 Å². The van der Waals surface area contributed by atoms with Gasteiger partial charge in [-0.15, -0.1) is 22.7 Å². The number of amides is 2. The zero-order valence-electron chi connectivity index (χ0n) is 19.7. The fourth-order valence-corrected chi connectivity index (χ4v) is 5.95. The van der Waals surface area contributed by atoms with Crippen molar-refractivity contribution in [2.75, 3.05) is 45.9 Å². The Bertz CT molecular complexity index is 1210. The molecule has 7 nitrogen and oxygen atoms in total. The molecule has 1 aromatic carbocycles. The van der Waals surface area contributed by atoms with Crippen LogP contribution in [0.2, 0.25) is 0 Å². The van der Waals surface area contributed by atoms with E-state index in [-0.39, 0.29) is 30.0 Å². The van der Waals surface area contributed by atoms with Crippen molar-refractivity contribution in [3.8, 4) is 0 Å². The topological polar surface area (TPSA) is 65.5 Å². The Morgan fingerprint density at radius 2 is 1.89 bits per heavy atom. The van der Waals surface area contributed by atoms with E-state index in [1.165, 1.54) is 28.1 Å². The molecule has 0 saturated carbocycles. The summed E-state index contributed by atoms with van der Waals surface area (Å²) in [6.45, 7) is 3.66. The van der Waals surface area contributed by atoms with E-state index in [0.717, 1.165) is 28.6 Å². The maximum atomic E-state index is 13.9. The van der Waals surface area contributed by atoms with E-state index < -0.39 is 5.82 Å². The third kappa shape index (κ3) is 5.73. The van der Waals surface area contributed by atoms with E-state index in [1.807, 2.05) is 35.0 Å². The number of morpholine rings is 1. The van der Waals surface area contributed by atoms with Gasteiger partial charge >= 0.3 is 0 Å². The number of hydrazone groups is 1. The maximum absolute atomic E-state index is 13.9. The summed E-state index contributed by atoms with van der Waals surface area (Å²) in [7, 11) is 0. The second kappa shape index (κ2) is 11.4. The summed E-state index contributed by atoms with van der Waals surface area (Å²) in [5, 5.41) is 10.2. The SMILES string of the molecule is O=C(c1cccc(F)c1)N(CCN1CCOCC1)CC(=O)N1N=C(c2cccs2)C[C@@H]1c1cccs1. The van der Waals surface area contributed by atoms with E-state index in [0.29, 0.717) is 32.7 Å². The molecule has 2 aliphatic heterocycles. The first kappa shape index (κ1) is 24.8. The minimum absolute atomic E-state index is 0.136. The predicted molar refractivity (Wildman–Crippen MR) is 139 cm³/mol.